The van der Waals surface area contributed by atoms with E-state index in [0.717, 1.165) is 25.9 Å². The molecule has 4 rings (SSSR count). The van der Waals surface area contributed by atoms with Crippen molar-refractivity contribution in [3.05, 3.63) is 48.3 Å². The Labute approximate surface area is 194 Å². The molecule has 2 heterocycles. The number of anilines is 2. The second-order valence-electron chi connectivity index (χ2n) is 8.40. The maximum atomic E-state index is 14.6. The van der Waals surface area contributed by atoms with Crippen molar-refractivity contribution in [3.63, 3.8) is 0 Å². The van der Waals surface area contributed by atoms with Crippen molar-refractivity contribution in [2.24, 2.45) is 5.92 Å². The molecule has 0 radical (unpaired) electrons. The van der Waals surface area contributed by atoms with Gasteiger partial charge in [0.25, 0.3) is 0 Å². The van der Waals surface area contributed by atoms with Crippen LogP contribution in [0.2, 0.25) is 0 Å². The standard InChI is InChI=1S/C24H30FN3O4S/c1-2-32-19-8-10-20(11-9-19)33(30,31)28-16-12-18(13-17-28)24(29)26-23-21(25)6-5-7-22(23)27-14-3-4-15-27/h5-11,18H,2-4,12-17H2,1H3,(H,26,29). The first-order chi connectivity index (χ1) is 15.9. The number of benzene rings is 2. The SMILES string of the molecule is CCOc1ccc(S(=O)(=O)N2CCC(C(=O)Nc3c(F)cccc3N3CCCC3)CC2)cc1. The summed E-state index contributed by atoms with van der Waals surface area (Å²) in [5.41, 5.74) is 0.921. The molecule has 7 nitrogen and oxygen atoms in total. The van der Waals surface area contributed by atoms with E-state index in [1.54, 1.807) is 18.2 Å². The average molecular weight is 476 g/mol. The largest absolute Gasteiger partial charge is 0.494 e. The molecule has 178 valence electrons. The van der Waals surface area contributed by atoms with Gasteiger partial charge in [0.05, 0.1) is 17.2 Å². The van der Waals surface area contributed by atoms with Gasteiger partial charge in [0.2, 0.25) is 15.9 Å². The van der Waals surface area contributed by atoms with Gasteiger partial charge in [0, 0.05) is 32.1 Å². The van der Waals surface area contributed by atoms with E-state index in [0.29, 0.717) is 30.9 Å². The van der Waals surface area contributed by atoms with E-state index >= 15 is 0 Å². The molecule has 9 heteroatoms. The van der Waals surface area contributed by atoms with Crippen molar-refractivity contribution in [2.45, 2.75) is 37.5 Å². The number of para-hydroxylation sites is 1. The van der Waals surface area contributed by atoms with Gasteiger partial charge < -0.3 is 15.0 Å². The summed E-state index contributed by atoms with van der Waals surface area (Å²) in [4.78, 5) is 15.2. The minimum absolute atomic E-state index is 0.204. The molecule has 0 unspecified atom stereocenters. The molecule has 0 bridgehead atoms. The van der Waals surface area contributed by atoms with Gasteiger partial charge in [-0.05, 0) is 69.0 Å². The van der Waals surface area contributed by atoms with Gasteiger partial charge in [0.1, 0.15) is 17.3 Å². The summed E-state index contributed by atoms with van der Waals surface area (Å²) in [6.07, 6.45) is 2.86. The van der Waals surface area contributed by atoms with Crippen molar-refractivity contribution in [1.82, 2.24) is 4.31 Å². The molecule has 2 saturated heterocycles. The van der Waals surface area contributed by atoms with Crippen molar-refractivity contribution in [3.8, 4) is 5.75 Å². The lowest BCUT2D eigenvalue weighted by atomic mass is 9.97. The Bertz CT molecular complexity index is 1080. The van der Waals surface area contributed by atoms with Crippen LogP contribution in [0.5, 0.6) is 5.75 Å². The van der Waals surface area contributed by atoms with Crippen LogP contribution in [0.15, 0.2) is 47.4 Å². The highest BCUT2D eigenvalue weighted by Gasteiger charge is 2.33. The van der Waals surface area contributed by atoms with Crippen LogP contribution in [0.1, 0.15) is 32.6 Å². The van der Waals surface area contributed by atoms with Gasteiger partial charge in [-0.3, -0.25) is 4.79 Å². The van der Waals surface area contributed by atoms with E-state index in [1.165, 1.54) is 22.5 Å². The Morgan fingerprint density at radius 2 is 1.73 bits per heavy atom. The van der Waals surface area contributed by atoms with Gasteiger partial charge in [0.15, 0.2) is 0 Å². The number of carbonyl (C=O) groups is 1. The number of nitrogens with one attached hydrogen (secondary N) is 1. The highest BCUT2D eigenvalue weighted by atomic mass is 32.2. The summed E-state index contributed by atoms with van der Waals surface area (Å²) in [6.45, 7) is 4.54. The Morgan fingerprint density at radius 3 is 2.36 bits per heavy atom. The first kappa shape index (κ1) is 23.5. The quantitative estimate of drug-likeness (QED) is 0.658. The van der Waals surface area contributed by atoms with Gasteiger partial charge in [-0.1, -0.05) is 6.07 Å². The molecule has 2 aromatic carbocycles. The van der Waals surface area contributed by atoms with Crippen LogP contribution in [0.25, 0.3) is 0 Å². The number of amides is 1. The molecule has 0 aliphatic carbocycles. The van der Waals surface area contributed by atoms with E-state index in [1.807, 2.05) is 13.0 Å². The number of hydrogen-bond donors (Lipinski definition) is 1. The Balaban J connectivity index is 1.39. The number of rotatable bonds is 7. The van der Waals surface area contributed by atoms with Crippen LogP contribution in [0.4, 0.5) is 15.8 Å². The molecule has 0 atom stereocenters. The number of halogens is 1. The molecule has 2 aliphatic rings. The smallest absolute Gasteiger partial charge is 0.243 e. The van der Waals surface area contributed by atoms with Gasteiger partial charge in [-0.25, -0.2) is 12.8 Å². The fraction of sp³-hybridized carbons (Fsp3) is 0.458. The molecule has 0 spiro atoms. The molecule has 1 N–H and O–H groups in total. The van der Waals surface area contributed by atoms with Crippen molar-refractivity contribution >= 4 is 27.3 Å². The Hall–Kier alpha value is -2.65. The lowest BCUT2D eigenvalue weighted by Gasteiger charge is -2.31. The zero-order chi connectivity index (χ0) is 23.4. The van der Waals surface area contributed by atoms with Crippen molar-refractivity contribution in [2.75, 3.05) is 43.0 Å². The van der Waals surface area contributed by atoms with Crippen LogP contribution < -0.4 is 15.0 Å². The fourth-order valence-electron chi connectivity index (χ4n) is 4.47. The lowest BCUT2D eigenvalue weighted by molar-refractivity contribution is -0.120. The molecule has 2 fully saturated rings. The summed E-state index contributed by atoms with van der Waals surface area (Å²) in [7, 11) is -3.65. The summed E-state index contributed by atoms with van der Waals surface area (Å²) in [6, 6.07) is 11.2. The minimum Gasteiger partial charge on any atom is -0.494 e. The van der Waals surface area contributed by atoms with E-state index in [-0.39, 0.29) is 35.5 Å². The van der Waals surface area contributed by atoms with Crippen LogP contribution in [-0.2, 0) is 14.8 Å². The lowest BCUT2D eigenvalue weighted by Crippen LogP contribution is -2.41. The highest BCUT2D eigenvalue weighted by molar-refractivity contribution is 7.89. The van der Waals surface area contributed by atoms with Crippen LogP contribution in [0.3, 0.4) is 0 Å². The van der Waals surface area contributed by atoms with E-state index in [2.05, 4.69) is 10.2 Å². The maximum absolute atomic E-state index is 14.6. The van der Waals surface area contributed by atoms with Crippen LogP contribution in [-0.4, -0.2) is 51.4 Å². The number of hydrogen-bond acceptors (Lipinski definition) is 5. The predicted octanol–water partition coefficient (Wildman–Crippen LogP) is 3.86. The topological polar surface area (TPSA) is 79.0 Å². The normalized spacial score (nSPS) is 17.8. The second-order valence-corrected chi connectivity index (χ2v) is 10.3. The monoisotopic (exact) mass is 475 g/mol. The number of nitrogens with zero attached hydrogens (tertiary/aromatic N) is 2. The van der Waals surface area contributed by atoms with Crippen molar-refractivity contribution < 1.29 is 22.3 Å². The van der Waals surface area contributed by atoms with Gasteiger partial charge in [-0.2, -0.15) is 4.31 Å². The van der Waals surface area contributed by atoms with Gasteiger partial charge >= 0.3 is 0 Å². The molecule has 2 aromatic rings. The molecular formula is C24H30FN3O4S. The number of carbonyl (C=O) groups excluding carboxylic acids is 1. The first-order valence-corrected chi connectivity index (χ1v) is 12.9. The van der Waals surface area contributed by atoms with Crippen molar-refractivity contribution in [1.29, 1.82) is 0 Å². The third-order valence-corrected chi connectivity index (χ3v) is 8.20. The fourth-order valence-corrected chi connectivity index (χ4v) is 5.93. The molecule has 0 aromatic heterocycles. The van der Waals surface area contributed by atoms with Crippen LogP contribution in [0, 0.1) is 11.7 Å². The Kier molecular flexibility index (Phi) is 7.19. The summed E-state index contributed by atoms with van der Waals surface area (Å²) in [5.74, 6) is -0.474. The zero-order valence-corrected chi connectivity index (χ0v) is 19.6. The molecule has 1 amide bonds. The summed E-state index contributed by atoms with van der Waals surface area (Å²) < 4.78 is 47.3. The molecule has 33 heavy (non-hydrogen) atoms. The van der Waals surface area contributed by atoms with E-state index in [9.17, 15) is 17.6 Å². The Morgan fingerprint density at radius 1 is 1.06 bits per heavy atom. The van der Waals surface area contributed by atoms with Gasteiger partial charge in [-0.15, -0.1) is 0 Å². The molecule has 0 saturated carbocycles. The second kappa shape index (κ2) is 10.1. The number of piperidine rings is 1. The average Bonchev–Trinajstić information content (AvgIpc) is 3.36. The first-order valence-electron chi connectivity index (χ1n) is 11.5. The maximum Gasteiger partial charge on any atom is 0.243 e. The number of ether oxygens (including phenoxy) is 1. The van der Waals surface area contributed by atoms with E-state index < -0.39 is 15.8 Å². The number of sulfonamides is 1. The molecular weight excluding hydrogens is 445 g/mol. The molecule has 2 aliphatic heterocycles. The predicted molar refractivity (Wildman–Crippen MR) is 126 cm³/mol. The summed E-state index contributed by atoms with van der Waals surface area (Å²) in [5, 5.41) is 2.79. The zero-order valence-electron chi connectivity index (χ0n) is 18.8. The van der Waals surface area contributed by atoms with Crippen LogP contribution >= 0.6 is 0 Å². The summed E-state index contributed by atoms with van der Waals surface area (Å²) >= 11 is 0. The third-order valence-electron chi connectivity index (χ3n) is 6.28. The third kappa shape index (κ3) is 5.14. The highest BCUT2D eigenvalue weighted by Crippen LogP contribution is 2.33. The minimum atomic E-state index is -3.65. The van der Waals surface area contributed by atoms with E-state index in [4.69, 9.17) is 4.74 Å².